The van der Waals surface area contributed by atoms with Crippen LogP contribution in [0.5, 0.6) is 0 Å². The maximum Gasteiger partial charge on any atom is 0.0498 e. The Bertz CT molecular complexity index is 310. The topological polar surface area (TPSA) is 32.5 Å². The second kappa shape index (κ2) is 5.34. The van der Waals surface area contributed by atoms with Gasteiger partial charge in [-0.3, -0.25) is 9.80 Å². The van der Waals surface area contributed by atoms with E-state index in [-0.39, 0.29) is 5.54 Å². The van der Waals surface area contributed by atoms with Gasteiger partial charge in [0.2, 0.25) is 0 Å². The fourth-order valence-corrected chi connectivity index (χ4v) is 4.13. The van der Waals surface area contributed by atoms with Crippen LogP contribution < -0.4 is 5.73 Å². The molecule has 0 aromatic rings. The van der Waals surface area contributed by atoms with E-state index < -0.39 is 0 Å². The van der Waals surface area contributed by atoms with Crippen LogP contribution in [0, 0.1) is 5.41 Å². The minimum atomic E-state index is 0.202. The van der Waals surface area contributed by atoms with E-state index in [1.807, 2.05) is 0 Å². The normalized spacial score (nSPS) is 34.6. The van der Waals surface area contributed by atoms with Gasteiger partial charge in [0, 0.05) is 30.7 Å². The molecule has 0 spiro atoms. The highest BCUT2D eigenvalue weighted by Crippen LogP contribution is 2.41. The molecule has 0 bridgehead atoms. The summed E-state index contributed by atoms with van der Waals surface area (Å²) >= 11 is 0. The molecule has 2 fully saturated rings. The number of nitrogens with two attached hydrogens (primary N) is 1. The largest absolute Gasteiger partial charge is 0.329 e. The van der Waals surface area contributed by atoms with E-state index in [1.54, 1.807) is 0 Å². The molecule has 3 atom stereocenters. The Morgan fingerprint density at radius 3 is 2.58 bits per heavy atom. The summed E-state index contributed by atoms with van der Waals surface area (Å²) in [5.41, 5.74) is 6.80. The molecule has 3 unspecified atom stereocenters. The Kier molecular flexibility index (Phi) is 4.29. The summed E-state index contributed by atoms with van der Waals surface area (Å²) in [5.74, 6) is 0. The third-order valence-electron chi connectivity index (χ3n) is 5.96. The lowest BCUT2D eigenvalue weighted by atomic mass is 9.79. The fraction of sp³-hybridized carbons (Fsp3) is 1.00. The molecule has 3 heteroatoms. The van der Waals surface area contributed by atoms with Crippen LogP contribution in [0.25, 0.3) is 0 Å². The van der Waals surface area contributed by atoms with Gasteiger partial charge in [-0.2, -0.15) is 0 Å². The van der Waals surface area contributed by atoms with Crippen molar-refractivity contribution in [3.05, 3.63) is 0 Å². The molecular weight excluding hydrogens is 234 g/mol. The second-order valence-corrected chi connectivity index (χ2v) is 7.76. The quantitative estimate of drug-likeness (QED) is 0.852. The molecule has 112 valence electrons. The lowest BCUT2D eigenvalue weighted by molar-refractivity contribution is -0.00204. The van der Waals surface area contributed by atoms with E-state index in [4.69, 9.17) is 5.73 Å². The van der Waals surface area contributed by atoms with Gasteiger partial charge in [-0.15, -0.1) is 0 Å². The van der Waals surface area contributed by atoms with Crippen LogP contribution >= 0.6 is 0 Å². The van der Waals surface area contributed by atoms with Crippen molar-refractivity contribution in [2.75, 3.05) is 26.7 Å². The summed E-state index contributed by atoms with van der Waals surface area (Å²) < 4.78 is 0. The summed E-state index contributed by atoms with van der Waals surface area (Å²) in [5, 5.41) is 0. The zero-order valence-corrected chi connectivity index (χ0v) is 13.6. The smallest absolute Gasteiger partial charge is 0.0498 e. The van der Waals surface area contributed by atoms with Crippen molar-refractivity contribution in [1.82, 2.24) is 9.80 Å². The summed E-state index contributed by atoms with van der Waals surface area (Å²) in [4.78, 5) is 5.31. The average molecular weight is 267 g/mol. The van der Waals surface area contributed by atoms with Crippen LogP contribution in [0.1, 0.15) is 53.4 Å². The zero-order chi connectivity index (χ0) is 14.3. The number of hydrogen-bond acceptors (Lipinski definition) is 3. The van der Waals surface area contributed by atoms with Crippen LogP contribution in [0.2, 0.25) is 0 Å². The van der Waals surface area contributed by atoms with E-state index >= 15 is 0 Å². The minimum Gasteiger partial charge on any atom is -0.329 e. The summed E-state index contributed by atoms with van der Waals surface area (Å²) in [7, 11) is 2.31. The summed E-state index contributed by atoms with van der Waals surface area (Å²) in [6, 6.07) is 1.24. The Morgan fingerprint density at radius 2 is 2.00 bits per heavy atom. The molecule has 2 rings (SSSR count). The van der Waals surface area contributed by atoms with Gasteiger partial charge in [0.25, 0.3) is 0 Å². The van der Waals surface area contributed by atoms with E-state index in [9.17, 15) is 0 Å². The van der Waals surface area contributed by atoms with Gasteiger partial charge in [0.05, 0.1) is 0 Å². The lowest BCUT2D eigenvalue weighted by Gasteiger charge is -2.51. The first-order chi connectivity index (χ1) is 8.83. The van der Waals surface area contributed by atoms with Gasteiger partial charge < -0.3 is 5.73 Å². The van der Waals surface area contributed by atoms with Gasteiger partial charge in [0.1, 0.15) is 0 Å². The molecule has 2 heterocycles. The SMILES string of the molecule is CC(N(C)C1(CN)CCN2CCCCC21)C(C)(C)C. The van der Waals surface area contributed by atoms with Crippen LogP contribution in [0.3, 0.4) is 0 Å². The lowest BCUT2D eigenvalue weighted by Crippen LogP contribution is -2.64. The highest BCUT2D eigenvalue weighted by molar-refractivity contribution is 5.09. The van der Waals surface area contributed by atoms with Crippen LogP contribution in [0.15, 0.2) is 0 Å². The maximum absolute atomic E-state index is 6.29. The minimum absolute atomic E-state index is 0.202. The van der Waals surface area contributed by atoms with Crippen molar-refractivity contribution >= 4 is 0 Å². The second-order valence-electron chi connectivity index (χ2n) is 7.76. The first-order valence-electron chi connectivity index (χ1n) is 8.00. The van der Waals surface area contributed by atoms with E-state index in [0.717, 1.165) is 6.54 Å². The standard InChI is InChI=1S/C16H33N3/c1-13(15(2,3)4)18(5)16(12-17)9-11-19-10-7-6-8-14(16)19/h13-14H,6-12,17H2,1-5H3. The molecule has 0 aromatic carbocycles. The van der Waals surface area contributed by atoms with Gasteiger partial charge in [0.15, 0.2) is 0 Å². The number of likely N-dealkylation sites (N-methyl/N-ethyl adjacent to an activating group) is 1. The summed E-state index contributed by atoms with van der Waals surface area (Å²) in [6.07, 6.45) is 5.32. The predicted molar refractivity (Wildman–Crippen MR) is 82.3 cm³/mol. The van der Waals surface area contributed by atoms with Crippen LogP contribution in [0.4, 0.5) is 0 Å². The predicted octanol–water partition coefficient (Wildman–Crippen LogP) is 2.31. The van der Waals surface area contributed by atoms with Crippen molar-refractivity contribution in [3.8, 4) is 0 Å². The molecule has 0 saturated carbocycles. The van der Waals surface area contributed by atoms with Crippen molar-refractivity contribution in [2.24, 2.45) is 11.1 Å². The summed E-state index contributed by atoms with van der Waals surface area (Å²) in [6.45, 7) is 12.7. The Balaban J connectivity index is 2.22. The average Bonchev–Trinajstić information content (AvgIpc) is 2.76. The molecule has 2 aliphatic heterocycles. The maximum atomic E-state index is 6.29. The molecule has 2 aliphatic rings. The van der Waals surface area contributed by atoms with Crippen LogP contribution in [-0.2, 0) is 0 Å². The molecule has 2 saturated heterocycles. The van der Waals surface area contributed by atoms with Crippen LogP contribution in [-0.4, -0.2) is 54.1 Å². The third kappa shape index (κ3) is 2.57. The van der Waals surface area contributed by atoms with Crippen molar-refractivity contribution < 1.29 is 0 Å². The number of piperidine rings is 1. The van der Waals surface area contributed by atoms with Gasteiger partial charge >= 0.3 is 0 Å². The Hall–Kier alpha value is -0.120. The molecular formula is C16H33N3. The molecule has 0 radical (unpaired) electrons. The molecule has 0 aromatic heterocycles. The van der Waals surface area contributed by atoms with Crippen molar-refractivity contribution in [1.29, 1.82) is 0 Å². The Labute approximate surface area is 119 Å². The van der Waals surface area contributed by atoms with E-state index in [1.165, 1.54) is 38.8 Å². The fourth-order valence-electron chi connectivity index (χ4n) is 4.13. The van der Waals surface area contributed by atoms with E-state index in [2.05, 4.69) is 44.5 Å². The monoisotopic (exact) mass is 267 g/mol. The number of fused-ring (bicyclic) bond motifs is 1. The highest BCUT2D eigenvalue weighted by atomic mass is 15.3. The molecule has 0 amide bonds. The first-order valence-corrected chi connectivity index (χ1v) is 8.00. The molecule has 2 N–H and O–H groups in total. The van der Waals surface area contributed by atoms with Crippen molar-refractivity contribution in [3.63, 3.8) is 0 Å². The molecule has 3 nitrogen and oxygen atoms in total. The number of nitrogens with zero attached hydrogens (tertiary/aromatic N) is 2. The Morgan fingerprint density at radius 1 is 1.32 bits per heavy atom. The third-order valence-corrected chi connectivity index (χ3v) is 5.96. The van der Waals surface area contributed by atoms with Gasteiger partial charge in [-0.25, -0.2) is 0 Å². The number of rotatable bonds is 3. The van der Waals surface area contributed by atoms with Gasteiger partial charge in [-0.1, -0.05) is 27.2 Å². The zero-order valence-electron chi connectivity index (χ0n) is 13.6. The first kappa shape index (κ1) is 15.3. The van der Waals surface area contributed by atoms with Crippen molar-refractivity contribution in [2.45, 2.75) is 71.0 Å². The van der Waals surface area contributed by atoms with E-state index in [0.29, 0.717) is 17.5 Å². The molecule has 0 aliphatic carbocycles. The molecule has 19 heavy (non-hydrogen) atoms. The van der Waals surface area contributed by atoms with Gasteiger partial charge in [-0.05, 0) is 45.2 Å². The number of hydrogen-bond donors (Lipinski definition) is 1. The highest BCUT2D eigenvalue weighted by Gasteiger charge is 2.51.